The molecule has 1 aliphatic heterocycles. The number of carbonyl (C=O) groups is 1. The van der Waals surface area contributed by atoms with E-state index in [1.54, 1.807) is 0 Å². The second kappa shape index (κ2) is 4.54. The first kappa shape index (κ1) is 9.63. The Hall–Kier alpha value is -1.46. The molecule has 1 fully saturated rings. The number of carboxylic acid groups (broad SMARTS) is 1. The van der Waals surface area contributed by atoms with E-state index in [-0.39, 0.29) is 19.2 Å². The van der Waals surface area contributed by atoms with Crippen LogP contribution in [-0.4, -0.2) is 43.3 Å². The topological polar surface area (TPSA) is 103 Å². The highest BCUT2D eigenvalue weighted by atomic mass is 16.5. The normalized spacial score (nSPS) is 22.2. The van der Waals surface area contributed by atoms with Crippen molar-refractivity contribution in [1.29, 1.82) is 5.53 Å². The Balaban J connectivity index is 2.41. The van der Waals surface area contributed by atoms with Gasteiger partial charge < -0.3 is 19.5 Å². The lowest BCUT2D eigenvalue weighted by atomic mass is 10.3. The highest BCUT2D eigenvalue weighted by Crippen LogP contribution is 2.04. The third kappa shape index (κ3) is 2.81. The van der Waals surface area contributed by atoms with Gasteiger partial charge in [-0.3, -0.25) is 0 Å². The molecule has 0 saturated carbocycles. The zero-order valence-corrected chi connectivity index (χ0v) is 6.97. The van der Waals surface area contributed by atoms with Crippen molar-refractivity contribution in [3.63, 3.8) is 0 Å². The number of rotatable bonds is 2. The maximum atomic E-state index is 10.4. The number of hydrogen-bond acceptors (Lipinski definition) is 5. The summed E-state index contributed by atoms with van der Waals surface area (Å²) in [6.07, 6.45) is -1.50. The van der Waals surface area contributed by atoms with E-state index in [2.05, 4.69) is 10.0 Å². The fourth-order valence-corrected chi connectivity index (χ4v) is 1.13. The van der Waals surface area contributed by atoms with Gasteiger partial charge in [-0.05, 0) is 0 Å². The fourth-order valence-electron chi connectivity index (χ4n) is 1.13. The van der Waals surface area contributed by atoms with Crippen LogP contribution >= 0.6 is 0 Å². The molecule has 0 radical (unpaired) electrons. The Bertz CT molecular complexity index is 238. The molecule has 0 aliphatic carbocycles. The molecule has 1 amide bonds. The lowest BCUT2D eigenvalue weighted by molar-refractivity contribution is -0.269. The average Bonchev–Trinajstić information content (AvgIpc) is 2.15. The van der Waals surface area contributed by atoms with E-state index in [1.807, 2.05) is 0 Å². The number of amides is 1. The molecule has 7 heteroatoms. The third-order valence-corrected chi connectivity index (χ3v) is 1.75. The molecule has 0 aromatic rings. The van der Waals surface area contributed by atoms with Crippen molar-refractivity contribution >= 4 is 6.09 Å². The first-order chi connectivity index (χ1) is 6.24. The van der Waals surface area contributed by atoms with Crippen LogP contribution < -0.4 is 10.0 Å². The SMILES string of the molecule is N=[N+]=NCC1CN(C(=O)[O-])CCO1. The Kier molecular flexibility index (Phi) is 3.36. The van der Waals surface area contributed by atoms with Crippen molar-refractivity contribution in [3.05, 3.63) is 0 Å². The zero-order chi connectivity index (χ0) is 9.68. The number of nitrogens with zero attached hydrogens (tertiary/aromatic N) is 3. The standard InChI is InChI=1S/C6H10N4O3/c7-9-8-3-5-4-10(6(11)12)1-2-13-5/h5,7H,1-4H2. The monoisotopic (exact) mass is 186 g/mol. The van der Waals surface area contributed by atoms with Gasteiger partial charge in [-0.1, -0.05) is 0 Å². The minimum Gasteiger partial charge on any atom is -0.530 e. The summed E-state index contributed by atoms with van der Waals surface area (Å²) in [5.41, 5.74) is 6.42. The second-order valence-corrected chi connectivity index (χ2v) is 2.63. The Labute approximate surface area is 74.5 Å². The van der Waals surface area contributed by atoms with Crippen LogP contribution in [0, 0.1) is 5.53 Å². The molecule has 1 unspecified atom stereocenters. The first-order valence-corrected chi connectivity index (χ1v) is 3.85. The molecule has 1 heterocycles. The van der Waals surface area contributed by atoms with Crippen molar-refractivity contribution in [2.24, 2.45) is 5.11 Å². The van der Waals surface area contributed by atoms with Crippen LogP contribution in [0.15, 0.2) is 5.11 Å². The number of ether oxygens (including phenoxy) is 1. The molecular formula is C6H10N4O3. The maximum absolute atomic E-state index is 10.4. The van der Waals surface area contributed by atoms with Gasteiger partial charge in [0.05, 0.1) is 6.61 Å². The average molecular weight is 186 g/mol. The van der Waals surface area contributed by atoms with Gasteiger partial charge in [0, 0.05) is 13.1 Å². The Morgan fingerprint density at radius 3 is 3.23 bits per heavy atom. The minimum absolute atomic E-state index is 0.216. The predicted octanol–water partition coefficient (Wildman–Crippen LogP) is -1.42. The van der Waals surface area contributed by atoms with E-state index in [0.29, 0.717) is 13.2 Å². The van der Waals surface area contributed by atoms with E-state index < -0.39 is 6.09 Å². The van der Waals surface area contributed by atoms with Gasteiger partial charge in [-0.15, -0.1) is 0 Å². The van der Waals surface area contributed by atoms with Gasteiger partial charge in [0.15, 0.2) is 6.54 Å². The van der Waals surface area contributed by atoms with Crippen LogP contribution in [0.3, 0.4) is 0 Å². The summed E-state index contributed by atoms with van der Waals surface area (Å²) < 4.78 is 5.19. The smallest absolute Gasteiger partial charge is 0.214 e. The molecule has 0 aromatic carbocycles. The number of nitrogens with one attached hydrogen (secondary N) is 1. The fraction of sp³-hybridized carbons (Fsp3) is 0.833. The van der Waals surface area contributed by atoms with E-state index in [1.165, 1.54) is 0 Å². The lowest BCUT2D eigenvalue weighted by Gasteiger charge is -2.33. The minimum atomic E-state index is -1.20. The number of morpholine rings is 1. The zero-order valence-electron chi connectivity index (χ0n) is 6.97. The Morgan fingerprint density at radius 2 is 2.62 bits per heavy atom. The number of hydrogen-bond donors (Lipinski definition) is 1. The predicted molar refractivity (Wildman–Crippen MR) is 38.9 cm³/mol. The molecule has 1 rings (SSSR count). The highest BCUT2D eigenvalue weighted by Gasteiger charge is 2.21. The van der Waals surface area contributed by atoms with Crippen LogP contribution in [0.4, 0.5) is 4.79 Å². The molecular weight excluding hydrogens is 176 g/mol. The molecule has 0 spiro atoms. The summed E-state index contributed by atoms with van der Waals surface area (Å²) in [5, 5.41) is 13.9. The van der Waals surface area contributed by atoms with Crippen molar-refractivity contribution in [2.45, 2.75) is 6.10 Å². The molecule has 72 valence electrons. The van der Waals surface area contributed by atoms with Crippen LogP contribution in [0.2, 0.25) is 0 Å². The van der Waals surface area contributed by atoms with Crippen LogP contribution in [0.1, 0.15) is 0 Å². The molecule has 13 heavy (non-hydrogen) atoms. The lowest BCUT2D eigenvalue weighted by Crippen LogP contribution is -2.51. The first-order valence-electron chi connectivity index (χ1n) is 3.85. The van der Waals surface area contributed by atoms with Crippen molar-refractivity contribution in [3.8, 4) is 0 Å². The molecule has 1 N–H and O–H groups in total. The van der Waals surface area contributed by atoms with Gasteiger partial charge in [-0.2, -0.15) is 0 Å². The van der Waals surface area contributed by atoms with Crippen molar-refractivity contribution in [2.75, 3.05) is 26.2 Å². The maximum Gasteiger partial charge on any atom is 0.214 e. The van der Waals surface area contributed by atoms with Crippen LogP contribution in [0.5, 0.6) is 0 Å². The highest BCUT2D eigenvalue weighted by molar-refractivity contribution is 5.62. The largest absolute Gasteiger partial charge is 0.530 e. The van der Waals surface area contributed by atoms with Crippen LogP contribution in [0.25, 0.3) is 0 Å². The molecule has 1 aliphatic rings. The molecule has 0 aromatic heterocycles. The van der Waals surface area contributed by atoms with Crippen LogP contribution in [-0.2, 0) is 4.74 Å². The van der Waals surface area contributed by atoms with Gasteiger partial charge >= 0.3 is 0 Å². The Morgan fingerprint density at radius 1 is 1.85 bits per heavy atom. The van der Waals surface area contributed by atoms with E-state index >= 15 is 0 Å². The molecule has 1 atom stereocenters. The van der Waals surface area contributed by atoms with Gasteiger partial charge in [0.25, 0.3) is 0 Å². The van der Waals surface area contributed by atoms with Crippen molar-refractivity contribution in [1.82, 2.24) is 9.81 Å². The van der Waals surface area contributed by atoms with Gasteiger partial charge in [-0.25, -0.2) is 0 Å². The van der Waals surface area contributed by atoms with Crippen molar-refractivity contribution < 1.29 is 14.6 Å². The molecule has 7 nitrogen and oxygen atoms in total. The summed E-state index contributed by atoms with van der Waals surface area (Å²) in [5.74, 6) is 0. The molecule has 1 saturated heterocycles. The summed E-state index contributed by atoms with van der Waals surface area (Å²) in [6, 6.07) is 0. The van der Waals surface area contributed by atoms with E-state index in [9.17, 15) is 9.90 Å². The van der Waals surface area contributed by atoms with Gasteiger partial charge in [0.1, 0.15) is 22.8 Å². The second-order valence-electron chi connectivity index (χ2n) is 2.63. The van der Waals surface area contributed by atoms with E-state index in [4.69, 9.17) is 10.3 Å². The summed E-state index contributed by atoms with van der Waals surface area (Å²) >= 11 is 0. The summed E-state index contributed by atoms with van der Waals surface area (Å²) in [4.78, 5) is 14.4. The third-order valence-electron chi connectivity index (χ3n) is 1.75. The van der Waals surface area contributed by atoms with Gasteiger partial charge in [0.2, 0.25) is 4.91 Å². The van der Waals surface area contributed by atoms with E-state index in [0.717, 1.165) is 4.90 Å². The molecule has 0 bridgehead atoms. The summed E-state index contributed by atoms with van der Waals surface area (Å²) in [7, 11) is 0. The quantitative estimate of drug-likeness (QED) is 0.422. The number of carbonyl (C=O) groups excluding carboxylic acids is 1. The summed E-state index contributed by atoms with van der Waals surface area (Å²) in [6.45, 7) is 1.12.